The topological polar surface area (TPSA) is 3.24 Å². The molecule has 88 valence electrons. The van der Waals surface area contributed by atoms with Crippen molar-refractivity contribution in [3.05, 3.63) is 84.7 Å². The highest BCUT2D eigenvalue weighted by Crippen LogP contribution is 2.20. The molecule has 0 atom stereocenters. The lowest BCUT2D eigenvalue weighted by Gasteiger charge is -2.16. The fourth-order valence-corrected chi connectivity index (χ4v) is 2.23. The van der Waals surface area contributed by atoms with E-state index < -0.39 is 0 Å². The monoisotopic (exact) mass is 233 g/mol. The zero-order chi connectivity index (χ0) is 12.2. The molecule has 0 radical (unpaired) electrons. The third-order valence-electron chi connectivity index (χ3n) is 3.12. The smallest absolute Gasteiger partial charge is 0.0476 e. The van der Waals surface area contributed by atoms with E-state index in [-0.39, 0.29) is 0 Å². The van der Waals surface area contributed by atoms with Gasteiger partial charge in [0.05, 0.1) is 0 Å². The van der Waals surface area contributed by atoms with Crippen LogP contribution < -0.4 is 0 Å². The predicted molar refractivity (Wildman–Crippen MR) is 76.9 cm³/mol. The second-order valence-electron chi connectivity index (χ2n) is 4.38. The molecule has 0 N–H and O–H groups in total. The predicted octanol–water partition coefficient (Wildman–Crippen LogP) is 4.24. The standard InChI is InChI=1S/C17H15N/c1-2-6-13-18(12-5-1)14-16-10-7-9-15-8-3-4-11-17(15)16/h1-13H,14H2. The first kappa shape index (κ1) is 10.8. The molecule has 1 aliphatic rings. The Labute approximate surface area is 107 Å². The minimum absolute atomic E-state index is 0.899. The van der Waals surface area contributed by atoms with Gasteiger partial charge in [-0.1, -0.05) is 54.6 Å². The summed E-state index contributed by atoms with van der Waals surface area (Å²) in [7, 11) is 0. The third kappa shape index (κ3) is 2.21. The quantitative estimate of drug-likeness (QED) is 0.750. The molecule has 1 nitrogen and oxygen atoms in total. The molecule has 1 aliphatic heterocycles. The van der Waals surface area contributed by atoms with Gasteiger partial charge in [-0.2, -0.15) is 0 Å². The van der Waals surface area contributed by atoms with Crippen molar-refractivity contribution in [2.75, 3.05) is 0 Å². The lowest BCUT2D eigenvalue weighted by molar-refractivity contribution is 0.504. The SMILES string of the molecule is C1=CC=CN(Cc2cccc3ccccc23)C=C1. The summed E-state index contributed by atoms with van der Waals surface area (Å²) < 4.78 is 0. The number of hydrogen-bond donors (Lipinski definition) is 0. The summed E-state index contributed by atoms with van der Waals surface area (Å²) in [5, 5.41) is 2.63. The molecule has 18 heavy (non-hydrogen) atoms. The zero-order valence-electron chi connectivity index (χ0n) is 10.2. The minimum Gasteiger partial charge on any atom is -0.350 e. The summed E-state index contributed by atoms with van der Waals surface area (Å²) in [5.41, 5.74) is 1.35. The zero-order valence-corrected chi connectivity index (χ0v) is 10.2. The first-order valence-electron chi connectivity index (χ1n) is 6.17. The molecule has 0 bridgehead atoms. The van der Waals surface area contributed by atoms with Gasteiger partial charge < -0.3 is 4.90 Å². The second-order valence-corrected chi connectivity index (χ2v) is 4.38. The first-order valence-corrected chi connectivity index (χ1v) is 6.17. The maximum Gasteiger partial charge on any atom is 0.0476 e. The molecule has 1 heterocycles. The lowest BCUT2D eigenvalue weighted by atomic mass is 10.0. The molecule has 0 unspecified atom stereocenters. The summed E-state index contributed by atoms with van der Waals surface area (Å²) in [6.07, 6.45) is 12.4. The molecule has 0 saturated carbocycles. The van der Waals surface area contributed by atoms with Crippen molar-refractivity contribution in [2.45, 2.75) is 6.54 Å². The number of benzene rings is 2. The average Bonchev–Trinajstić information content (AvgIpc) is 2.68. The molecule has 1 heteroatoms. The van der Waals surface area contributed by atoms with Crippen molar-refractivity contribution in [3.63, 3.8) is 0 Å². The number of nitrogens with zero attached hydrogens (tertiary/aromatic N) is 1. The highest BCUT2D eigenvalue weighted by Gasteiger charge is 2.03. The Hall–Kier alpha value is -2.28. The van der Waals surface area contributed by atoms with Gasteiger partial charge in [0.2, 0.25) is 0 Å². The Kier molecular flexibility index (Phi) is 2.97. The van der Waals surface area contributed by atoms with Crippen molar-refractivity contribution in [1.29, 1.82) is 0 Å². The van der Waals surface area contributed by atoms with E-state index in [0.29, 0.717) is 0 Å². The Bertz CT molecular complexity index is 614. The maximum absolute atomic E-state index is 2.20. The van der Waals surface area contributed by atoms with Crippen LogP contribution in [0.2, 0.25) is 0 Å². The van der Waals surface area contributed by atoms with E-state index in [1.54, 1.807) is 0 Å². The summed E-state index contributed by atoms with van der Waals surface area (Å²) in [6.45, 7) is 0.899. The van der Waals surface area contributed by atoms with Gasteiger partial charge >= 0.3 is 0 Å². The Morgan fingerprint density at radius 3 is 2.28 bits per heavy atom. The Balaban J connectivity index is 1.95. The van der Waals surface area contributed by atoms with Crippen LogP contribution >= 0.6 is 0 Å². The van der Waals surface area contributed by atoms with Crippen LogP contribution in [-0.2, 0) is 6.54 Å². The molecule has 0 amide bonds. The lowest BCUT2D eigenvalue weighted by Crippen LogP contribution is -2.08. The summed E-state index contributed by atoms with van der Waals surface area (Å²) in [5.74, 6) is 0. The highest BCUT2D eigenvalue weighted by atomic mass is 15.1. The Morgan fingerprint density at radius 1 is 0.722 bits per heavy atom. The van der Waals surface area contributed by atoms with Crippen molar-refractivity contribution >= 4 is 10.8 Å². The minimum atomic E-state index is 0.899. The van der Waals surface area contributed by atoms with E-state index in [9.17, 15) is 0 Å². The van der Waals surface area contributed by atoms with Crippen molar-refractivity contribution in [2.24, 2.45) is 0 Å². The maximum atomic E-state index is 2.20. The number of fused-ring (bicyclic) bond motifs is 1. The fraction of sp³-hybridized carbons (Fsp3) is 0.0588. The largest absolute Gasteiger partial charge is 0.350 e. The summed E-state index contributed by atoms with van der Waals surface area (Å²) >= 11 is 0. The van der Waals surface area contributed by atoms with E-state index in [1.807, 2.05) is 12.2 Å². The van der Waals surface area contributed by atoms with E-state index in [0.717, 1.165) is 6.54 Å². The van der Waals surface area contributed by atoms with Crippen molar-refractivity contribution < 1.29 is 0 Å². The summed E-state index contributed by atoms with van der Waals surface area (Å²) in [4.78, 5) is 2.20. The molecule has 0 saturated heterocycles. The van der Waals surface area contributed by atoms with Crippen LogP contribution in [0.4, 0.5) is 0 Å². The van der Waals surface area contributed by atoms with Gasteiger partial charge in [-0.15, -0.1) is 0 Å². The molecule has 0 aliphatic carbocycles. The van der Waals surface area contributed by atoms with Gasteiger partial charge in [-0.3, -0.25) is 0 Å². The molecular weight excluding hydrogens is 218 g/mol. The summed E-state index contributed by atoms with van der Waals surface area (Å²) in [6, 6.07) is 15.0. The third-order valence-corrected chi connectivity index (χ3v) is 3.12. The van der Waals surface area contributed by atoms with Crippen molar-refractivity contribution in [3.8, 4) is 0 Å². The van der Waals surface area contributed by atoms with Gasteiger partial charge in [-0.05, 0) is 28.5 Å². The van der Waals surface area contributed by atoms with Gasteiger partial charge in [-0.25, -0.2) is 0 Å². The van der Waals surface area contributed by atoms with E-state index in [4.69, 9.17) is 0 Å². The van der Waals surface area contributed by atoms with E-state index in [1.165, 1.54) is 16.3 Å². The molecule has 3 rings (SSSR count). The number of rotatable bonds is 2. The first-order chi connectivity index (χ1) is 8.93. The van der Waals surface area contributed by atoms with Crippen LogP contribution in [0.25, 0.3) is 10.8 Å². The highest BCUT2D eigenvalue weighted by molar-refractivity contribution is 5.85. The number of allylic oxidation sites excluding steroid dienone is 4. The van der Waals surface area contributed by atoms with Crippen LogP contribution in [0.5, 0.6) is 0 Å². The molecule has 0 aromatic heterocycles. The fourth-order valence-electron chi connectivity index (χ4n) is 2.23. The van der Waals surface area contributed by atoms with Crippen LogP contribution in [-0.4, -0.2) is 4.90 Å². The van der Waals surface area contributed by atoms with Gasteiger partial charge in [0.25, 0.3) is 0 Å². The van der Waals surface area contributed by atoms with E-state index in [2.05, 4.69) is 71.9 Å². The van der Waals surface area contributed by atoms with Gasteiger partial charge in [0, 0.05) is 18.9 Å². The molecule has 0 fully saturated rings. The van der Waals surface area contributed by atoms with Crippen LogP contribution in [0.1, 0.15) is 5.56 Å². The Morgan fingerprint density at radius 2 is 1.44 bits per heavy atom. The molecule has 0 spiro atoms. The normalized spacial score (nSPS) is 14.1. The van der Waals surface area contributed by atoms with Gasteiger partial charge in [0.1, 0.15) is 0 Å². The van der Waals surface area contributed by atoms with Crippen LogP contribution in [0, 0.1) is 0 Å². The van der Waals surface area contributed by atoms with Gasteiger partial charge in [0.15, 0.2) is 0 Å². The second kappa shape index (κ2) is 4.92. The van der Waals surface area contributed by atoms with Crippen LogP contribution in [0.15, 0.2) is 79.2 Å². The molecular formula is C17H15N. The molecule has 2 aromatic rings. The number of hydrogen-bond acceptors (Lipinski definition) is 1. The van der Waals surface area contributed by atoms with Crippen LogP contribution in [0.3, 0.4) is 0 Å². The average molecular weight is 233 g/mol. The van der Waals surface area contributed by atoms with Crippen molar-refractivity contribution in [1.82, 2.24) is 4.90 Å². The van der Waals surface area contributed by atoms with E-state index >= 15 is 0 Å². The molecule has 2 aromatic carbocycles.